The van der Waals surface area contributed by atoms with Crippen molar-refractivity contribution in [3.05, 3.63) is 101 Å². The Labute approximate surface area is 188 Å². The minimum Gasteiger partial charge on any atom is -0.322 e. The Morgan fingerprint density at radius 2 is 1.83 bits per heavy atom. The van der Waals surface area contributed by atoms with Crippen LogP contribution in [0, 0.1) is 0 Å². The number of pyridine rings is 1. The summed E-state index contributed by atoms with van der Waals surface area (Å²) in [6.07, 6.45) is 3.66. The van der Waals surface area contributed by atoms with Crippen LogP contribution in [0.25, 0.3) is 0 Å². The van der Waals surface area contributed by atoms with Crippen LogP contribution in [0.1, 0.15) is 21.6 Å². The summed E-state index contributed by atoms with van der Waals surface area (Å²) in [5.41, 5.74) is 5.50. The third-order valence-corrected chi connectivity index (χ3v) is 7.06. The van der Waals surface area contributed by atoms with Gasteiger partial charge in [-0.25, -0.2) is 4.98 Å². The van der Waals surface area contributed by atoms with Gasteiger partial charge in [0.2, 0.25) is 0 Å². The van der Waals surface area contributed by atoms with Gasteiger partial charge in [-0.1, -0.05) is 18.2 Å². The third kappa shape index (κ3) is 5.72. The van der Waals surface area contributed by atoms with Gasteiger partial charge in [0.05, 0.1) is 16.8 Å². The predicted molar refractivity (Wildman–Crippen MR) is 126 cm³/mol. The van der Waals surface area contributed by atoms with Crippen LogP contribution in [0.15, 0.2) is 93.7 Å². The molecule has 0 saturated carbocycles. The minimum atomic E-state index is -0.104. The van der Waals surface area contributed by atoms with E-state index in [9.17, 15) is 4.79 Å². The van der Waals surface area contributed by atoms with Crippen molar-refractivity contribution in [1.29, 1.82) is 0 Å². The Kier molecular flexibility index (Phi) is 7.18. The first-order valence-corrected chi connectivity index (χ1v) is 12.2. The van der Waals surface area contributed by atoms with Crippen LogP contribution < -0.4 is 5.32 Å². The summed E-state index contributed by atoms with van der Waals surface area (Å²) in [6.45, 7) is 0. The fourth-order valence-electron chi connectivity index (χ4n) is 2.72. The molecule has 0 aliphatic heterocycles. The number of thioether (sulfide) groups is 2. The lowest BCUT2D eigenvalue weighted by Gasteiger charge is -2.10. The summed E-state index contributed by atoms with van der Waals surface area (Å²) in [6, 6.07) is 19.6. The number of anilines is 1. The standard InChI is InChI=1S/C23H19N3OS3/c27-23(21-5-1-2-6-22(21)30-15-19-14-28-16-25-19)26-18-7-9-20(10-8-18)29-13-17-4-3-11-24-12-17/h1-12,14,16H,13,15H2,(H,26,27). The molecule has 0 fully saturated rings. The molecule has 150 valence electrons. The maximum atomic E-state index is 12.8. The Morgan fingerprint density at radius 3 is 2.60 bits per heavy atom. The van der Waals surface area contributed by atoms with Crippen molar-refractivity contribution in [2.45, 2.75) is 21.3 Å². The number of hydrogen-bond acceptors (Lipinski definition) is 6. The molecule has 0 aliphatic rings. The van der Waals surface area contributed by atoms with Crippen molar-refractivity contribution < 1.29 is 4.79 Å². The molecule has 0 saturated heterocycles. The van der Waals surface area contributed by atoms with Gasteiger partial charge >= 0.3 is 0 Å². The molecule has 4 nitrogen and oxygen atoms in total. The maximum Gasteiger partial charge on any atom is 0.256 e. The second-order valence-electron chi connectivity index (χ2n) is 6.39. The van der Waals surface area contributed by atoms with Crippen molar-refractivity contribution >= 4 is 46.5 Å². The van der Waals surface area contributed by atoms with Gasteiger partial charge in [0.15, 0.2) is 0 Å². The normalized spacial score (nSPS) is 10.7. The van der Waals surface area contributed by atoms with Gasteiger partial charge in [0.25, 0.3) is 5.91 Å². The highest BCUT2D eigenvalue weighted by Gasteiger charge is 2.12. The van der Waals surface area contributed by atoms with Gasteiger partial charge in [-0.3, -0.25) is 9.78 Å². The van der Waals surface area contributed by atoms with Crippen LogP contribution >= 0.6 is 34.9 Å². The van der Waals surface area contributed by atoms with E-state index >= 15 is 0 Å². The number of carbonyl (C=O) groups is 1. The average molecular weight is 450 g/mol. The Bertz CT molecular complexity index is 1080. The van der Waals surface area contributed by atoms with Crippen LogP contribution in [-0.2, 0) is 11.5 Å². The lowest BCUT2D eigenvalue weighted by molar-refractivity contribution is 0.102. The highest BCUT2D eigenvalue weighted by Crippen LogP contribution is 2.28. The first-order valence-electron chi connectivity index (χ1n) is 9.30. The molecule has 0 unspecified atom stereocenters. The lowest BCUT2D eigenvalue weighted by atomic mass is 10.2. The van der Waals surface area contributed by atoms with Crippen molar-refractivity contribution in [1.82, 2.24) is 9.97 Å². The zero-order chi connectivity index (χ0) is 20.6. The second kappa shape index (κ2) is 10.4. The Balaban J connectivity index is 1.36. The maximum absolute atomic E-state index is 12.8. The summed E-state index contributed by atoms with van der Waals surface area (Å²) in [5.74, 6) is 1.51. The number of thiazole rings is 1. The quantitative estimate of drug-likeness (QED) is 0.317. The summed E-state index contributed by atoms with van der Waals surface area (Å²) in [5, 5.41) is 5.04. The van der Waals surface area contributed by atoms with Crippen molar-refractivity contribution in [2.24, 2.45) is 0 Å². The Hall–Kier alpha value is -2.61. The number of amides is 1. The summed E-state index contributed by atoms with van der Waals surface area (Å²) >= 11 is 4.95. The molecular formula is C23H19N3OS3. The number of nitrogens with one attached hydrogen (secondary N) is 1. The number of nitrogens with zero attached hydrogens (tertiary/aromatic N) is 2. The number of benzene rings is 2. The van der Waals surface area contributed by atoms with Crippen LogP contribution in [0.5, 0.6) is 0 Å². The fourth-order valence-corrected chi connectivity index (χ4v) is 5.17. The first kappa shape index (κ1) is 20.7. The van der Waals surface area contributed by atoms with Crippen LogP contribution in [0.2, 0.25) is 0 Å². The van der Waals surface area contributed by atoms with E-state index in [0.717, 1.165) is 32.7 Å². The number of carbonyl (C=O) groups excluding carboxylic acids is 1. The van der Waals surface area contributed by atoms with Gasteiger partial charge in [-0.15, -0.1) is 34.9 Å². The largest absolute Gasteiger partial charge is 0.322 e. The van der Waals surface area contributed by atoms with E-state index in [4.69, 9.17) is 0 Å². The highest BCUT2D eigenvalue weighted by atomic mass is 32.2. The molecule has 1 amide bonds. The zero-order valence-corrected chi connectivity index (χ0v) is 18.5. The fraction of sp³-hybridized carbons (Fsp3) is 0.0870. The van der Waals surface area contributed by atoms with E-state index in [1.54, 1.807) is 41.1 Å². The van der Waals surface area contributed by atoms with Crippen molar-refractivity contribution in [3.63, 3.8) is 0 Å². The van der Waals surface area contributed by atoms with E-state index in [1.165, 1.54) is 5.56 Å². The molecular weight excluding hydrogens is 430 g/mol. The molecule has 0 atom stereocenters. The van der Waals surface area contributed by atoms with Crippen molar-refractivity contribution in [2.75, 3.05) is 5.32 Å². The molecule has 4 rings (SSSR count). The number of aromatic nitrogens is 2. The molecule has 0 bridgehead atoms. The van der Waals surface area contributed by atoms with Gasteiger partial charge < -0.3 is 5.32 Å². The summed E-state index contributed by atoms with van der Waals surface area (Å²) in [7, 11) is 0. The SMILES string of the molecule is O=C(Nc1ccc(SCc2cccnc2)cc1)c1ccccc1SCc1cscn1. The molecule has 0 radical (unpaired) electrons. The second-order valence-corrected chi connectivity index (χ2v) is 9.18. The highest BCUT2D eigenvalue weighted by molar-refractivity contribution is 7.98. The van der Waals surface area contributed by atoms with Crippen LogP contribution in [-0.4, -0.2) is 15.9 Å². The molecule has 7 heteroatoms. The van der Waals surface area contributed by atoms with Gasteiger partial charge in [-0.2, -0.15) is 0 Å². The van der Waals surface area contributed by atoms with Gasteiger partial charge in [0.1, 0.15) is 0 Å². The molecule has 30 heavy (non-hydrogen) atoms. The lowest BCUT2D eigenvalue weighted by Crippen LogP contribution is -2.12. The predicted octanol–water partition coefficient (Wildman–Crippen LogP) is 6.38. The Morgan fingerprint density at radius 1 is 0.967 bits per heavy atom. The van der Waals surface area contributed by atoms with Crippen LogP contribution in [0.4, 0.5) is 5.69 Å². The number of hydrogen-bond donors (Lipinski definition) is 1. The number of rotatable bonds is 8. The smallest absolute Gasteiger partial charge is 0.256 e. The molecule has 0 aliphatic carbocycles. The summed E-state index contributed by atoms with van der Waals surface area (Å²) in [4.78, 5) is 23.4. The van der Waals surface area contributed by atoms with Gasteiger partial charge in [-0.05, 0) is 48.0 Å². The van der Waals surface area contributed by atoms with E-state index in [0.29, 0.717) is 5.56 Å². The average Bonchev–Trinajstić information content (AvgIpc) is 3.32. The van der Waals surface area contributed by atoms with Crippen molar-refractivity contribution in [3.8, 4) is 0 Å². The minimum absolute atomic E-state index is 0.104. The first-order chi connectivity index (χ1) is 14.8. The van der Waals surface area contributed by atoms with Crippen LogP contribution in [0.3, 0.4) is 0 Å². The van der Waals surface area contributed by atoms with E-state index < -0.39 is 0 Å². The van der Waals surface area contributed by atoms with E-state index in [-0.39, 0.29) is 5.91 Å². The molecule has 0 spiro atoms. The topological polar surface area (TPSA) is 54.9 Å². The molecule has 1 N–H and O–H groups in total. The summed E-state index contributed by atoms with van der Waals surface area (Å²) < 4.78 is 0. The third-order valence-electron chi connectivity index (χ3n) is 4.23. The molecule has 2 heterocycles. The monoisotopic (exact) mass is 449 g/mol. The van der Waals surface area contributed by atoms with Gasteiger partial charge in [0, 0.05) is 44.8 Å². The molecule has 4 aromatic rings. The van der Waals surface area contributed by atoms with E-state index in [2.05, 4.69) is 21.4 Å². The molecule has 2 aromatic heterocycles. The zero-order valence-electron chi connectivity index (χ0n) is 16.0. The van der Waals surface area contributed by atoms with E-state index in [1.807, 2.05) is 71.7 Å². The molecule has 2 aromatic carbocycles.